The number of carbonyl (C=O) groups excluding carboxylic acids is 1. The molecule has 2 fully saturated rings. The van der Waals surface area contributed by atoms with Gasteiger partial charge in [0.05, 0.1) is 18.3 Å². The second kappa shape index (κ2) is 5.55. The van der Waals surface area contributed by atoms with Crippen LogP contribution in [0.2, 0.25) is 0 Å². The second-order valence-corrected chi connectivity index (χ2v) is 6.56. The zero-order chi connectivity index (χ0) is 17.0. The molecule has 0 amide bonds. The number of nitrogens with zero attached hydrogens (tertiary/aromatic N) is 4. The van der Waals surface area contributed by atoms with Crippen LogP contribution in [0, 0.1) is 4.77 Å². The van der Waals surface area contributed by atoms with Crippen LogP contribution in [0.1, 0.15) is 12.5 Å². The lowest BCUT2D eigenvalue weighted by atomic mass is 10.0. The molecule has 0 unspecified atom stereocenters. The summed E-state index contributed by atoms with van der Waals surface area (Å²) in [5.74, 6) is -0.0830. The van der Waals surface area contributed by atoms with Gasteiger partial charge in [-0.15, -0.1) is 0 Å². The number of Topliss-reactive ketones (excluding diaryl/α,β-unsaturated/α-hetero) is 1. The highest BCUT2D eigenvalue weighted by Gasteiger charge is 2.45. The predicted octanol–water partition coefficient (Wildman–Crippen LogP) is 2.21. The summed E-state index contributed by atoms with van der Waals surface area (Å²) < 4.78 is 14.6. The summed E-state index contributed by atoms with van der Waals surface area (Å²) in [6.07, 6.45) is -0.673. The van der Waals surface area contributed by atoms with Crippen LogP contribution in [0.5, 0.6) is 0 Å². The fourth-order valence-corrected chi connectivity index (χ4v) is 3.78. The van der Waals surface area contributed by atoms with Crippen molar-refractivity contribution >= 4 is 28.8 Å². The Morgan fingerprint density at radius 1 is 1.12 bits per heavy atom. The third-order valence-electron chi connectivity index (χ3n) is 4.72. The zero-order valence-corrected chi connectivity index (χ0v) is 13.9. The van der Waals surface area contributed by atoms with E-state index in [1.165, 1.54) is 0 Å². The van der Waals surface area contributed by atoms with Crippen molar-refractivity contribution in [3.63, 3.8) is 0 Å². The van der Waals surface area contributed by atoms with E-state index in [0.29, 0.717) is 11.4 Å². The Morgan fingerprint density at radius 3 is 2.88 bits per heavy atom. The number of fused-ring (bicyclic) bond motifs is 3. The third kappa shape index (κ3) is 2.25. The highest BCUT2D eigenvalue weighted by molar-refractivity contribution is 7.71. The molecule has 3 atom stereocenters. The van der Waals surface area contributed by atoms with E-state index in [1.807, 2.05) is 42.5 Å². The number of benzene rings is 2. The number of hydrogen-bond donors (Lipinski definition) is 0. The lowest BCUT2D eigenvalue weighted by molar-refractivity contribution is -0.156. The first kappa shape index (κ1) is 14.9. The zero-order valence-electron chi connectivity index (χ0n) is 13.1. The van der Waals surface area contributed by atoms with Crippen molar-refractivity contribution in [3.8, 4) is 5.69 Å². The van der Waals surface area contributed by atoms with Crippen molar-refractivity contribution in [1.29, 1.82) is 0 Å². The third-order valence-corrected chi connectivity index (χ3v) is 5.08. The molecule has 126 valence electrons. The number of rotatable bonds is 2. The van der Waals surface area contributed by atoms with Crippen molar-refractivity contribution in [1.82, 2.24) is 19.8 Å². The first-order valence-electron chi connectivity index (χ1n) is 8.05. The molecule has 2 bridgehead atoms. The van der Waals surface area contributed by atoms with E-state index in [9.17, 15) is 4.79 Å². The second-order valence-electron chi connectivity index (χ2n) is 6.19. The molecule has 3 heterocycles. The lowest BCUT2D eigenvalue weighted by Crippen LogP contribution is -2.37. The van der Waals surface area contributed by atoms with Crippen molar-refractivity contribution in [2.45, 2.75) is 24.9 Å². The predicted molar refractivity (Wildman–Crippen MR) is 91.0 cm³/mol. The molecule has 25 heavy (non-hydrogen) atoms. The van der Waals surface area contributed by atoms with Crippen LogP contribution >= 0.6 is 12.2 Å². The van der Waals surface area contributed by atoms with Crippen molar-refractivity contribution < 1.29 is 14.3 Å². The minimum atomic E-state index is -0.733. The van der Waals surface area contributed by atoms with Gasteiger partial charge in [0.2, 0.25) is 11.1 Å². The van der Waals surface area contributed by atoms with Gasteiger partial charge in [-0.25, -0.2) is 4.68 Å². The normalized spacial score (nSPS) is 25.6. The molecule has 2 aliphatic heterocycles. The molecule has 0 N–H and O–H groups in total. The van der Waals surface area contributed by atoms with Crippen molar-refractivity contribution in [2.24, 2.45) is 0 Å². The van der Waals surface area contributed by atoms with Crippen LogP contribution < -0.4 is 0 Å². The van der Waals surface area contributed by atoms with Gasteiger partial charge < -0.3 is 9.47 Å². The summed E-state index contributed by atoms with van der Waals surface area (Å²) in [6, 6.07) is 13.7. The summed E-state index contributed by atoms with van der Waals surface area (Å²) in [6.45, 7) is 0.365. The van der Waals surface area contributed by atoms with Gasteiger partial charge in [0.1, 0.15) is 6.10 Å². The standard InChI is InChI=1S/C17H14N4O3S/c22-14-8-13(15-9-23-16(14)24-15)21-17(25)20(18-19-21)12-7-3-5-10-4-1-2-6-11(10)12/h1-7,13,15-16H,8-9H2/t13-,15-,16+/m0/s1. The van der Waals surface area contributed by atoms with Gasteiger partial charge in [-0.2, -0.15) is 4.68 Å². The average molecular weight is 354 g/mol. The number of hydrogen-bond acceptors (Lipinski definition) is 6. The van der Waals surface area contributed by atoms with Gasteiger partial charge in [-0.1, -0.05) is 36.4 Å². The smallest absolute Gasteiger partial charge is 0.221 e. The van der Waals surface area contributed by atoms with Gasteiger partial charge in [0, 0.05) is 11.8 Å². The van der Waals surface area contributed by atoms with Gasteiger partial charge in [0.15, 0.2) is 5.78 Å². The van der Waals surface area contributed by atoms with E-state index in [-0.39, 0.29) is 24.3 Å². The largest absolute Gasteiger partial charge is 0.343 e. The molecule has 2 saturated heterocycles. The average Bonchev–Trinajstić information content (AvgIpc) is 3.23. The fourth-order valence-electron chi connectivity index (χ4n) is 3.48. The topological polar surface area (TPSA) is 71.2 Å². The fraction of sp³-hybridized carbons (Fsp3) is 0.294. The van der Waals surface area contributed by atoms with Crippen LogP contribution in [0.3, 0.4) is 0 Å². The molecule has 7 nitrogen and oxygen atoms in total. The quantitative estimate of drug-likeness (QED) is 0.657. The summed E-state index contributed by atoms with van der Waals surface area (Å²) in [5.41, 5.74) is 0.859. The van der Waals surface area contributed by atoms with Gasteiger partial charge in [0.25, 0.3) is 0 Å². The summed E-state index contributed by atoms with van der Waals surface area (Å²) in [7, 11) is 0. The molecule has 0 spiro atoms. The lowest BCUT2D eigenvalue weighted by Gasteiger charge is -2.25. The first-order valence-corrected chi connectivity index (χ1v) is 8.45. The van der Waals surface area contributed by atoms with Crippen LogP contribution in [-0.2, 0) is 14.3 Å². The Bertz CT molecular complexity index is 1040. The number of ketones is 1. The molecule has 0 radical (unpaired) electrons. The summed E-state index contributed by atoms with van der Waals surface area (Å²) >= 11 is 5.60. The van der Waals surface area contributed by atoms with E-state index in [2.05, 4.69) is 10.4 Å². The molecule has 8 heteroatoms. The van der Waals surface area contributed by atoms with E-state index >= 15 is 0 Å². The Hall–Kier alpha value is -2.42. The highest BCUT2D eigenvalue weighted by atomic mass is 32.1. The molecule has 2 aliphatic rings. The van der Waals surface area contributed by atoms with Gasteiger partial charge in [-0.3, -0.25) is 4.79 Å². The Balaban J connectivity index is 1.61. The van der Waals surface area contributed by atoms with Crippen LogP contribution in [0.25, 0.3) is 16.5 Å². The van der Waals surface area contributed by atoms with Crippen molar-refractivity contribution in [3.05, 3.63) is 47.2 Å². The van der Waals surface area contributed by atoms with Gasteiger partial charge in [-0.05, 0) is 34.1 Å². The van der Waals surface area contributed by atoms with E-state index in [0.717, 1.165) is 16.5 Å². The monoisotopic (exact) mass is 354 g/mol. The molecule has 0 aliphatic carbocycles. The summed E-state index contributed by atoms with van der Waals surface area (Å²) in [5, 5.41) is 10.6. The number of tetrazole rings is 1. The van der Waals surface area contributed by atoms with Gasteiger partial charge >= 0.3 is 0 Å². The molecule has 0 saturated carbocycles. The Labute approximate surface area is 147 Å². The number of aromatic nitrogens is 4. The van der Waals surface area contributed by atoms with Crippen molar-refractivity contribution in [2.75, 3.05) is 6.61 Å². The van der Waals surface area contributed by atoms with Crippen LogP contribution in [-0.4, -0.2) is 44.6 Å². The molecular formula is C17H14N4O3S. The first-order chi connectivity index (χ1) is 12.2. The minimum absolute atomic E-state index is 0.0830. The number of carbonyl (C=O) groups is 1. The van der Waals surface area contributed by atoms with E-state index in [1.54, 1.807) is 9.36 Å². The maximum Gasteiger partial charge on any atom is 0.221 e. The molecule has 1 aromatic heterocycles. The number of ether oxygens (including phenoxy) is 2. The minimum Gasteiger partial charge on any atom is -0.343 e. The summed E-state index contributed by atoms with van der Waals surface area (Å²) in [4.78, 5) is 12.0. The van der Waals surface area contributed by atoms with E-state index in [4.69, 9.17) is 21.7 Å². The maximum absolute atomic E-state index is 12.0. The van der Waals surface area contributed by atoms with E-state index < -0.39 is 6.29 Å². The Kier molecular flexibility index (Phi) is 3.30. The van der Waals surface area contributed by atoms with Crippen LogP contribution in [0.15, 0.2) is 42.5 Å². The van der Waals surface area contributed by atoms with Crippen LogP contribution in [0.4, 0.5) is 0 Å². The maximum atomic E-state index is 12.0. The SMILES string of the molecule is O=C1C[C@H](n2nnn(-c3cccc4ccccc34)c2=S)[C@@H]2CO[C@@H]1O2. The Morgan fingerprint density at radius 2 is 1.96 bits per heavy atom. The molecule has 5 rings (SSSR count). The molecular weight excluding hydrogens is 340 g/mol. The molecule has 2 aromatic carbocycles. The highest BCUT2D eigenvalue weighted by Crippen LogP contribution is 2.33. The molecule has 3 aromatic rings.